The van der Waals surface area contributed by atoms with Crippen molar-refractivity contribution in [1.82, 2.24) is 9.78 Å². The lowest BCUT2D eigenvalue weighted by molar-refractivity contribution is -0.384. The van der Waals surface area contributed by atoms with Gasteiger partial charge in [0.25, 0.3) is 0 Å². The van der Waals surface area contributed by atoms with Crippen molar-refractivity contribution < 1.29 is 4.92 Å². The molecule has 2 rings (SSSR count). The molecular formula is C15H26N4O2. The number of anilines is 1. The number of hydrogen-bond donors (Lipinski definition) is 1. The van der Waals surface area contributed by atoms with Crippen LogP contribution in [-0.4, -0.2) is 20.7 Å². The fourth-order valence-corrected chi connectivity index (χ4v) is 3.29. The number of nitrogens with zero attached hydrogens (tertiary/aromatic N) is 3. The molecule has 0 radical (unpaired) electrons. The number of rotatable bonds is 5. The Morgan fingerprint density at radius 1 is 1.43 bits per heavy atom. The zero-order chi connectivity index (χ0) is 15.6. The molecule has 6 nitrogen and oxygen atoms in total. The molecule has 1 aliphatic rings. The number of hydrogen-bond acceptors (Lipinski definition) is 4. The van der Waals surface area contributed by atoms with Crippen molar-refractivity contribution in [2.24, 2.45) is 18.9 Å². The number of nitro groups is 1. The monoisotopic (exact) mass is 294 g/mol. The molecular weight excluding hydrogens is 268 g/mol. The van der Waals surface area contributed by atoms with Crippen LogP contribution in [0.4, 0.5) is 11.5 Å². The van der Waals surface area contributed by atoms with Gasteiger partial charge in [-0.25, -0.2) is 4.68 Å². The summed E-state index contributed by atoms with van der Waals surface area (Å²) in [5.74, 6) is 1.73. The van der Waals surface area contributed by atoms with E-state index < -0.39 is 0 Å². The summed E-state index contributed by atoms with van der Waals surface area (Å²) in [5.41, 5.74) is 0.744. The zero-order valence-corrected chi connectivity index (χ0v) is 13.4. The molecule has 0 amide bonds. The summed E-state index contributed by atoms with van der Waals surface area (Å²) in [6.07, 6.45) is 4.98. The minimum Gasteiger partial charge on any atom is -0.362 e. The van der Waals surface area contributed by atoms with Crippen LogP contribution in [0.15, 0.2) is 0 Å². The zero-order valence-electron chi connectivity index (χ0n) is 13.4. The largest absolute Gasteiger partial charge is 0.362 e. The van der Waals surface area contributed by atoms with Crippen molar-refractivity contribution >= 4 is 11.5 Å². The van der Waals surface area contributed by atoms with Gasteiger partial charge < -0.3 is 5.32 Å². The highest BCUT2D eigenvalue weighted by atomic mass is 16.6. The maximum absolute atomic E-state index is 11.4. The molecule has 0 saturated heterocycles. The molecule has 0 aromatic carbocycles. The lowest BCUT2D eigenvalue weighted by Gasteiger charge is -2.34. The third-order valence-electron chi connectivity index (χ3n) is 4.79. The highest BCUT2D eigenvalue weighted by molar-refractivity contribution is 5.60. The van der Waals surface area contributed by atoms with Gasteiger partial charge in [0.2, 0.25) is 5.82 Å². The number of nitrogens with one attached hydrogen (secondary N) is 1. The quantitative estimate of drug-likeness (QED) is 0.666. The van der Waals surface area contributed by atoms with Crippen molar-refractivity contribution in [3.05, 3.63) is 15.8 Å². The van der Waals surface area contributed by atoms with Crippen LogP contribution >= 0.6 is 0 Å². The topological polar surface area (TPSA) is 73.0 Å². The summed E-state index contributed by atoms with van der Waals surface area (Å²) in [6.45, 7) is 6.51. The van der Waals surface area contributed by atoms with Gasteiger partial charge in [0.15, 0.2) is 0 Å². The molecule has 1 aromatic heterocycles. The van der Waals surface area contributed by atoms with E-state index in [1.807, 2.05) is 6.92 Å². The first-order chi connectivity index (χ1) is 9.95. The summed E-state index contributed by atoms with van der Waals surface area (Å²) < 4.78 is 1.63. The summed E-state index contributed by atoms with van der Waals surface area (Å²) in [7, 11) is 1.78. The normalized spacial score (nSPS) is 25.8. The third kappa shape index (κ3) is 3.19. The molecule has 1 saturated carbocycles. The Labute approximate surface area is 126 Å². The van der Waals surface area contributed by atoms with Crippen molar-refractivity contribution in [3.8, 4) is 0 Å². The van der Waals surface area contributed by atoms with E-state index in [-0.39, 0.29) is 16.7 Å². The van der Waals surface area contributed by atoms with Crippen LogP contribution in [0, 0.1) is 22.0 Å². The first-order valence-corrected chi connectivity index (χ1v) is 7.92. The van der Waals surface area contributed by atoms with E-state index in [1.165, 1.54) is 12.8 Å². The molecule has 1 N–H and O–H groups in total. The Balaban J connectivity index is 2.28. The second kappa shape index (κ2) is 6.45. The van der Waals surface area contributed by atoms with Gasteiger partial charge in [-0.1, -0.05) is 40.0 Å². The van der Waals surface area contributed by atoms with E-state index in [0.29, 0.717) is 29.8 Å². The molecule has 0 spiro atoms. The number of aromatic nitrogens is 2. The molecule has 1 aromatic rings. The van der Waals surface area contributed by atoms with Gasteiger partial charge in [-0.15, -0.1) is 0 Å². The van der Waals surface area contributed by atoms with Crippen LogP contribution in [0.2, 0.25) is 0 Å². The average molecular weight is 294 g/mol. The Hall–Kier alpha value is -1.59. The highest BCUT2D eigenvalue weighted by Crippen LogP contribution is 2.35. The highest BCUT2D eigenvalue weighted by Gasteiger charge is 2.32. The Bertz CT molecular complexity index is 512. The van der Waals surface area contributed by atoms with E-state index in [4.69, 9.17) is 0 Å². The molecule has 21 heavy (non-hydrogen) atoms. The fourth-order valence-electron chi connectivity index (χ4n) is 3.29. The second-order valence-electron chi connectivity index (χ2n) is 6.29. The second-order valence-corrected chi connectivity index (χ2v) is 6.29. The maximum Gasteiger partial charge on any atom is 0.333 e. The molecule has 3 atom stereocenters. The van der Waals surface area contributed by atoms with Gasteiger partial charge in [-0.05, 0) is 24.7 Å². The van der Waals surface area contributed by atoms with Gasteiger partial charge in [0.05, 0.1) is 4.92 Å². The van der Waals surface area contributed by atoms with Crippen molar-refractivity contribution in [1.29, 1.82) is 0 Å². The number of aryl methyl sites for hydroxylation is 2. The average Bonchev–Trinajstić information content (AvgIpc) is 2.72. The van der Waals surface area contributed by atoms with Gasteiger partial charge >= 0.3 is 5.69 Å². The van der Waals surface area contributed by atoms with E-state index >= 15 is 0 Å². The predicted molar refractivity (Wildman–Crippen MR) is 83.4 cm³/mol. The standard InChI is InChI=1S/C15H26N4O2/c1-5-7-13-14(19(20)21)15(18(4)17-13)16-12-9-6-8-10(2)11(12)3/h10-12,16H,5-9H2,1-4H3. The van der Waals surface area contributed by atoms with E-state index in [9.17, 15) is 10.1 Å². The summed E-state index contributed by atoms with van der Waals surface area (Å²) in [6, 6.07) is 0.289. The fraction of sp³-hybridized carbons (Fsp3) is 0.800. The van der Waals surface area contributed by atoms with Crippen LogP contribution in [0.5, 0.6) is 0 Å². The molecule has 6 heteroatoms. The Morgan fingerprint density at radius 3 is 2.76 bits per heavy atom. The summed E-state index contributed by atoms with van der Waals surface area (Å²) >= 11 is 0. The Morgan fingerprint density at radius 2 is 2.14 bits per heavy atom. The first kappa shape index (κ1) is 15.8. The van der Waals surface area contributed by atoms with Gasteiger partial charge in [-0.3, -0.25) is 10.1 Å². The van der Waals surface area contributed by atoms with Gasteiger partial charge in [-0.2, -0.15) is 5.10 Å². The first-order valence-electron chi connectivity index (χ1n) is 7.92. The van der Waals surface area contributed by atoms with E-state index in [2.05, 4.69) is 24.3 Å². The molecule has 3 unspecified atom stereocenters. The minimum atomic E-state index is -0.294. The van der Waals surface area contributed by atoms with E-state index in [1.54, 1.807) is 11.7 Å². The maximum atomic E-state index is 11.4. The molecule has 1 heterocycles. The molecule has 118 valence electrons. The van der Waals surface area contributed by atoms with Gasteiger partial charge in [0.1, 0.15) is 5.69 Å². The molecule has 1 aliphatic carbocycles. The lowest BCUT2D eigenvalue weighted by Crippen LogP contribution is -2.35. The third-order valence-corrected chi connectivity index (χ3v) is 4.79. The lowest BCUT2D eigenvalue weighted by atomic mass is 9.78. The SMILES string of the molecule is CCCc1nn(C)c(NC2CCCC(C)C2C)c1[N+](=O)[O-]. The van der Waals surface area contributed by atoms with Crippen LogP contribution < -0.4 is 5.32 Å². The van der Waals surface area contributed by atoms with Crippen molar-refractivity contribution in [3.63, 3.8) is 0 Å². The Kier molecular flexibility index (Phi) is 4.85. The molecule has 1 fully saturated rings. The van der Waals surface area contributed by atoms with Gasteiger partial charge in [0, 0.05) is 13.1 Å². The van der Waals surface area contributed by atoms with Crippen LogP contribution in [0.1, 0.15) is 52.1 Å². The predicted octanol–water partition coefficient (Wildman–Crippen LogP) is 3.52. The van der Waals surface area contributed by atoms with Crippen LogP contribution in [-0.2, 0) is 13.5 Å². The minimum absolute atomic E-state index is 0.157. The van der Waals surface area contributed by atoms with Crippen molar-refractivity contribution in [2.75, 3.05) is 5.32 Å². The van der Waals surface area contributed by atoms with Crippen LogP contribution in [0.25, 0.3) is 0 Å². The van der Waals surface area contributed by atoms with Crippen LogP contribution in [0.3, 0.4) is 0 Å². The summed E-state index contributed by atoms with van der Waals surface area (Å²) in [4.78, 5) is 11.1. The van der Waals surface area contributed by atoms with E-state index in [0.717, 1.165) is 12.8 Å². The molecule has 0 aliphatic heterocycles. The smallest absolute Gasteiger partial charge is 0.333 e. The van der Waals surface area contributed by atoms with Crippen molar-refractivity contribution in [2.45, 2.75) is 58.9 Å². The molecule has 0 bridgehead atoms. The summed E-state index contributed by atoms with van der Waals surface area (Å²) in [5, 5.41) is 19.2.